The fraction of sp³-hybridized carbons (Fsp3) is 0.667. The number of halogens is 1. The van der Waals surface area contributed by atoms with Crippen molar-refractivity contribution in [1.29, 1.82) is 0 Å². The van der Waals surface area contributed by atoms with E-state index in [0.29, 0.717) is 22.2 Å². The zero-order valence-corrected chi connectivity index (χ0v) is 20.8. The number of likely N-dealkylation sites (tertiary alicyclic amines) is 1. The highest BCUT2D eigenvalue weighted by Crippen LogP contribution is 2.56. The van der Waals surface area contributed by atoms with Crippen LogP contribution in [-0.4, -0.2) is 52.9 Å². The molecule has 2 saturated heterocycles. The van der Waals surface area contributed by atoms with E-state index in [0.717, 1.165) is 64.0 Å². The van der Waals surface area contributed by atoms with Gasteiger partial charge >= 0.3 is 0 Å². The maximum Gasteiger partial charge on any atom is 0.243 e. The Kier molecular flexibility index (Phi) is 6.55. The van der Waals surface area contributed by atoms with Gasteiger partial charge in [-0.1, -0.05) is 30.1 Å². The first-order valence-electron chi connectivity index (χ1n) is 12.2. The maximum atomic E-state index is 13.8. The Hall–Kier alpha value is -1.48. The van der Waals surface area contributed by atoms with E-state index in [9.17, 15) is 8.42 Å². The normalized spacial score (nSPS) is 26.0. The Balaban J connectivity index is 1.39. The summed E-state index contributed by atoms with van der Waals surface area (Å²) in [6, 6.07) is 6.51. The highest BCUT2D eigenvalue weighted by molar-refractivity contribution is 7.89. The van der Waals surface area contributed by atoms with E-state index in [4.69, 9.17) is 16.1 Å². The molecule has 1 aromatic carbocycles. The molecule has 0 unspecified atom stereocenters. The Morgan fingerprint density at radius 3 is 2.52 bits per heavy atom. The lowest BCUT2D eigenvalue weighted by Gasteiger charge is -2.44. The fourth-order valence-corrected chi connectivity index (χ4v) is 7.92. The summed E-state index contributed by atoms with van der Waals surface area (Å²) in [4.78, 5) is 7.36. The van der Waals surface area contributed by atoms with Crippen molar-refractivity contribution < 1.29 is 12.9 Å². The quantitative estimate of drug-likeness (QED) is 0.533. The molecule has 33 heavy (non-hydrogen) atoms. The first kappa shape index (κ1) is 23.3. The topological polar surface area (TPSA) is 79.5 Å². The van der Waals surface area contributed by atoms with Gasteiger partial charge in [0, 0.05) is 23.5 Å². The molecule has 1 saturated carbocycles. The van der Waals surface area contributed by atoms with Crippen LogP contribution in [-0.2, 0) is 23.0 Å². The number of sulfonamides is 1. The molecule has 1 aromatic heterocycles. The Labute approximate surface area is 201 Å². The molecule has 3 aliphatic rings. The lowest BCUT2D eigenvalue weighted by atomic mass is 9.84. The van der Waals surface area contributed by atoms with Crippen LogP contribution >= 0.6 is 11.6 Å². The Morgan fingerprint density at radius 1 is 1.12 bits per heavy atom. The third kappa shape index (κ3) is 4.72. The Bertz CT molecular complexity index is 1060. The van der Waals surface area contributed by atoms with E-state index < -0.39 is 10.0 Å². The van der Waals surface area contributed by atoms with Gasteiger partial charge in [-0.05, 0) is 87.7 Å². The van der Waals surface area contributed by atoms with Crippen molar-refractivity contribution in [3.63, 3.8) is 0 Å². The van der Waals surface area contributed by atoms with Crippen molar-refractivity contribution in [3.8, 4) is 0 Å². The summed E-state index contributed by atoms with van der Waals surface area (Å²) in [6.45, 7) is 4.99. The highest BCUT2D eigenvalue weighted by atomic mass is 35.5. The van der Waals surface area contributed by atoms with Crippen LogP contribution in [0.5, 0.6) is 0 Å². The summed E-state index contributed by atoms with van der Waals surface area (Å²) in [6.07, 6.45) is 8.71. The molecule has 3 fully saturated rings. The van der Waals surface area contributed by atoms with Gasteiger partial charge < -0.3 is 4.52 Å². The molecule has 2 atom stereocenters. The number of hydrogen-bond acceptors (Lipinski definition) is 6. The molecular formula is C24H33ClN4O3S. The van der Waals surface area contributed by atoms with E-state index in [-0.39, 0.29) is 17.5 Å². The molecule has 0 N–H and O–H groups in total. The van der Waals surface area contributed by atoms with Gasteiger partial charge in [-0.3, -0.25) is 4.90 Å². The smallest absolute Gasteiger partial charge is 0.243 e. The molecule has 0 bridgehead atoms. The van der Waals surface area contributed by atoms with Crippen molar-refractivity contribution in [1.82, 2.24) is 19.3 Å². The fourth-order valence-electron chi connectivity index (χ4n) is 5.76. The van der Waals surface area contributed by atoms with Crippen molar-refractivity contribution in [2.45, 2.75) is 88.2 Å². The average molecular weight is 493 g/mol. The van der Waals surface area contributed by atoms with Gasteiger partial charge in [-0.15, -0.1) is 0 Å². The molecule has 180 valence electrons. The highest BCUT2D eigenvalue weighted by Gasteiger charge is 2.56. The van der Waals surface area contributed by atoms with Gasteiger partial charge in [0.1, 0.15) is 0 Å². The summed E-state index contributed by atoms with van der Waals surface area (Å²) in [5.74, 6) is 1.38. The summed E-state index contributed by atoms with van der Waals surface area (Å²) in [5.41, 5.74) is -0.120. The zero-order chi connectivity index (χ0) is 23.1. The molecular weight excluding hydrogens is 460 g/mol. The van der Waals surface area contributed by atoms with Crippen LogP contribution in [0.4, 0.5) is 0 Å². The predicted molar refractivity (Wildman–Crippen MR) is 126 cm³/mol. The van der Waals surface area contributed by atoms with Crippen LogP contribution in [0.3, 0.4) is 0 Å². The second-order valence-corrected chi connectivity index (χ2v) is 12.2. The lowest BCUT2D eigenvalue weighted by molar-refractivity contribution is 0.110. The van der Waals surface area contributed by atoms with Gasteiger partial charge in [0.25, 0.3) is 0 Å². The number of nitrogens with zero attached hydrogens (tertiary/aromatic N) is 4. The molecule has 1 aliphatic carbocycles. The second-order valence-electron chi connectivity index (χ2n) is 9.92. The summed E-state index contributed by atoms with van der Waals surface area (Å²) in [5, 5.41) is 4.76. The number of aromatic nitrogens is 2. The minimum atomic E-state index is -3.63. The van der Waals surface area contributed by atoms with E-state index in [1.54, 1.807) is 24.3 Å². The van der Waals surface area contributed by atoms with Crippen molar-refractivity contribution >= 4 is 21.6 Å². The average Bonchev–Trinajstić information content (AvgIpc) is 3.17. The van der Waals surface area contributed by atoms with Gasteiger partial charge in [0.15, 0.2) is 5.82 Å². The standard InChI is InChI=1S/C24H33ClN4O3S/c1-2-19-6-5-7-21(29(19)33(30,31)20-10-8-18(25)9-11-20)24(12-13-24)16-23-26-22(27-32-23)17-28-14-3-4-15-28/h8-11,19,21H,2-7,12-17H2,1H3/t19-,21-/m1/s1. The van der Waals surface area contributed by atoms with Crippen LogP contribution in [0.15, 0.2) is 33.7 Å². The summed E-state index contributed by atoms with van der Waals surface area (Å²) < 4.78 is 35.1. The van der Waals surface area contributed by atoms with Crippen LogP contribution < -0.4 is 0 Å². The molecule has 2 aliphatic heterocycles. The molecule has 7 nitrogen and oxygen atoms in total. The lowest BCUT2D eigenvalue weighted by Crippen LogP contribution is -2.53. The number of piperidine rings is 1. The van der Waals surface area contributed by atoms with Crippen molar-refractivity contribution in [2.75, 3.05) is 13.1 Å². The van der Waals surface area contributed by atoms with Crippen LogP contribution in [0.2, 0.25) is 5.02 Å². The van der Waals surface area contributed by atoms with Crippen LogP contribution in [0, 0.1) is 5.41 Å². The molecule has 0 radical (unpaired) electrons. The van der Waals surface area contributed by atoms with E-state index in [1.165, 1.54) is 12.8 Å². The monoisotopic (exact) mass is 492 g/mol. The van der Waals surface area contributed by atoms with Gasteiger partial charge in [0.05, 0.1) is 11.4 Å². The van der Waals surface area contributed by atoms with Gasteiger partial charge in [-0.25, -0.2) is 8.42 Å². The van der Waals surface area contributed by atoms with Crippen molar-refractivity contribution in [3.05, 3.63) is 41.0 Å². The maximum absolute atomic E-state index is 13.8. The largest absolute Gasteiger partial charge is 0.339 e. The SMILES string of the molecule is CC[C@@H]1CCC[C@H](C2(Cc3nc(CN4CCCC4)no3)CC2)N1S(=O)(=O)c1ccc(Cl)cc1. The number of benzene rings is 1. The van der Waals surface area contributed by atoms with E-state index in [2.05, 4.69) is 22.0 Å². The van der Waals surface area contributed by atoms with E-state index in [1.807, 2.05) is 4.31 Å². The minimum absolute atomic E-state index is 0.00955. The summed E-state index contributed by atoms with van der Waals surface area (Å²) >= 11 is 6.03. The summed E-state index contributed by atoms with van der Waals surface area (Å²) in [7, 11) is -3.63. The molecule has 0 amide bonds. The predicted octanol–water partition coefficient (Wildman–Crippen LogP) is 4.66. The minimum Gasteiger partial charge on any atom is -0.339 e. The van der Waals surface area contributed by atoms with Crippen LogP contribution in [0.1, 0.15) is 70.0 Å². The third-order valence-electron chi connectivity index (χ3n) is 7.72. The molecule has 3 heterocycles. The molecule has 2 aromatic rings. The molecule has 5 rings (SSSR count). The van der Waals surface area contributed by atoms with Crippen LogP contribution in [0.25, 0.3) is 0 Å². The number of hydrogen-bond donors (Lipinski definition) is 0. The van der Waals surface area contributed by atoms with Gasteiger partial charge in [-0.2, -0.15) is 9.29 Å². The Morgan fingerprint density at radius 2 is 1.85 bits per heavy atom. The zero-order valence-electron chi connectivity index (χ0n) is 19.2. The van der Waals surface area contributed by atoms with Crippen molar-refractivity contribution in [2.24, 2.45) is 5.41 Å². The molecule has 0 spiro atoms. The first-order valence-corrected chi connectivity index (χ1v) is 14.1. The first-order chi connectivity index (χ1) is 15.9. The number of rotatable bonds is 8. The van der Waals surface area contributed by atoms with E-state index >= 15 is 0 Å². The third-order valence-corrected chi connectivity index (χ3v) is 9.95. The second kappa shape index (κ2) is 9.29. The molecule has 9 heteroatoms. The van der Waals surface area contributed by atoms with Gasteiger partial charge in [0.2, 0.25) is 15.9 Å².